The number of hydrogen-bond donors (Lipinski definition) is 2. The summed E-state index contributed by atoms with van der Waals surface area (Å²) in [4.78, 5) is 10.7. The van der Waals surface area contributed by atoms with Crippen LogP contribution in [0, 0.1) is 0 Å². The van der Waals surface area contributed by atoms with Crippen LogP contribution in [0.3, 0.4) is 0 Å². The Labute approximate surface area is 111 Å². The molecule has 0 atom stereocenters. The predicted molar refractivity (Wildman–Crippen MR) is 72.0 cm³/mol. The van der Waals surface area contributed by atoms with Gasteiger partial charge >= 0.3 is 5.97 Å². The van der Waals surface area contributed by atoms with Crippen LogP contribution in [0.15, 0.2) is 36.5 Å². The van der Waals surface area contributed by atoms with Crippen molar-refractivity contribution in [3.8, 4) is 0 Å². The Morgan fingerprint density at radius 3 is 2.63 bits per heavy atom. The molecule has 5 heteroatoms. The van der Waals surface area contributed by atoms with Crippen molar-refractivity contribution in [1.82, 2.24) is 15.1 Å². The first-order valence-electron chi connectivity index (χ1n) is 6.16. The van der Waals surface area contributed by atoms with Gasteiger partial charge in [-0.2, -0.15) is 5.10 Å². The van der Waals surface area contributed by atoms with Crippen molar-refractivity contribution in [3.63, 3.8) is 0 Å². The van der Waals surface area contributed by atoms with E-state index in [4.69, 9.17) is 5.11 Å². The Kier molecular flexibility index (Phi) is 4.30. The van der Waals surface area contributed by atoms with Crippen LogP contribution in [0.5, 0.6) is 0 Å². The second-order valence-corrected chi connectivity index (χ2v) is 4.38. The number of carboxylic acid groups (broad SMARTS) is 1. The average molecular weight is 259 g/mol. The maximum Gasteiger partial charge on any atom is 0.335 e. The lowest BCUT2D eigenvalue weighted by molar-refractivity contribution is 0.0697. The molecule has 2 N–H and O–H groups in total. The second kappa shape index (κ2) is 6.15. The summed E-state index contributed by atoms with van der Waals surface area (Å²) in [6, 6.07) is 8.92. The first-order chi connectivity index (χ1) is 9.16. The van der Waals surface area contributed by atoms with E-state index in [9.17, 15) is 4.79 Å². The third kappa shape index (κ3) is 3.66. The molecule has 0 unspecified atom stereocenters. The van der Waals surface area contributed by atoms with Crippen LogP contribution in [0.4, 0.5) is 0 Å². The summed E-state index contributed by atoms with van der Waals surface area (Å²) in [5.41, 5.74) is 2.59. The van der Waals surface area contributed by atoms with E-state index in [2.05, 4.69) is 10.4 Å². The fourth-order valence-electron chi connectivity index (χ4n) is 1.86. The van der Waals surface area contributed by atoms with Gasteiger partial charge in [0, 0.05) is 38.4 Å². The molecule has 2 rings (SSSR count). The summed E-state index contributed by atoms with van der Waals surface area (Å²) >= 11 is 0. The van der Waals surface area contributed by atoms with Gasteiger partial charge in [0.05, 0.1) is 5.56 Å². The van der Waals surface area contributed by atoms with Gasteiger partial charge in [0.25, 0.3) is 0 Å². The second-order valence-electron chi connectivity index (χ2n) is 4.38. The topological polar surface area (TPSA) is 67.2 Å². The lowest BCUT2D eigenvalue weighted by Gasteiger charge is -2.05. The van der Waals surface area contributed by atoms with Crippen LogP contribution >= 0.6 is 0 Å². The van der Waals surface area contributed by atoms with Gasteiger partial charge in [-0.25, -0.2) is 4.79 Å². The molecule has 0 saturated carbocycles. The van der Waals surface area contributed by atoms with Gasteiger partial charge in [-0.05, 0) is 23.8 Å². The van der Waals surface area contributed by atoms with Crippen molar-refractivity contribution in [3.05, 3.63) is 53.3 Å². The normalized spacial score (nSPS) is 10.6. The Morgan fingerprint density at radius 2 is 2.05 bits per heavy atom. The van der Waals surface area contributed by atoms with Crippen LogP contribution in [0.1, 0.15) is 21.6 Å². The molecular weight excluding hydrogens is 242 g/mol. The van der Waals surface area contributed by atoms with Gasteiger partial charge in [-0.3, -0.25) is 4.68 Å². The van der Waals surface area contributed by atoms with Gasteiger partial charge in [0.2, 0.25) is 0 Å². The van der Waals surface area contributed by atoms with Crippen molar-refractivity contribution in [2.45, 2.75) is 13.0 Å². The van der Waals surface area contributed by atoms with E-state index in [0.717, 1.165) is 25.1 Å². The van der Waals surface area contributed by atoms with Crippen LogP contribution in [-0.4, -0.2) is 27.4 Å². The summed E-state index contributed by atoms with van der Waals surface area (Å²) in [5.74, 6) is -0.893. The minimum absolute atomic E-state index is 0.318. The summed E-state index contributed by atoms with van der Waals surface area (Å²) in [6.45, 7) is 1.60. The third-order valence-electron chi connectivity index (χ3n) is 3.01. The molecule has 0 saturated heterocycles. The fourth-order valence-corrected chi connectivity index (χ4v) is 1.86. The molecule has 1 aromatic carbocycles. The zero-order valence-electron chi connectivity index (χ0n) is 10.8. The largest absolute Gasteiger partial charge is 0.478 e. The highest BCUT2D eigenvalue weighted by Crippen LogP contribution is 2.04. The first kappa shape index (κ1) is 13.3. The molecule has 0 bridgehead atoms. The molecule has 0 radical (unpaired) electrons. The summed E-state index contributed by atoms with van der Waals surface area (Å²) < 4.78 is 1.86. The van der Waals surface area contributed by atoms with E-state index in [1.807, 2.05) is 29.9 Å². The van der Waals surface area contributed by atoms with Gasteiger partial charge in [0.1, 0.15) is 0 Å². The van der Waals surface area contributed by atoms with E-state index in [-0.39, 0.29) is 0 Å². The number of aryl methyl sites for hydroxylation is 1. The molecule has 19 heavy (non-hydrogen) atoms. The number of carbonyl (C=O) groups is 1. The quantitative estimate of drug-likeness (QED) is 0.771. The molecule has 0 spiro atoms. The molecule has 100 valence electrons. The SMILES string of the molecule is Cn1nccc1CCNCc1ccc(C(=O)O)cc1. The molecular formula is C14H17N3O2. The Morgan fingerprint density at radius 1 is 1.32 bits per heavy atom. The zero-order chi connectivity index (χ0) is 13.7. The monoisotopic (exact) mass is 259 g/mol. The maximum absolute atomic E-state index is 10.7. The molecule has 0 aliphatic heterocycles. The van der Waals surface area contributed by atoms with E-state index in [0.29, 0.717) is 5.56 Å². The summed E-state index contributed by atoms with van der Waals surface area (Å²) in [7, 11) is 1.93. The van der Waals surface area contributed by atoms with E-state index in [1.165, 1.54) is 5.69 Å². The first-order valence-corrected chi connectivity index (χ1v) is 6.16. The zero-order valence-corrected chi connectivity index (χ0v) is 10.8. The molecule has 0 aliphatic carbocycles. The Bertz CT molecular complexity index is 546. The Balaban J connectivity index is 1.76. The highest BCUT2D eigenvalue weighted by molar-refractivity contribution is 5.87. The van der Waals surface area contributed by atoms with E-state index >= 15 is 0 Å². The Hall–Kier alpha value is -2.14. The minimum atomic E-state index is -0.893. The van der Waals surface area contributed by atoms with Gasteiger partial charge in [-0.15, -0.1) is 0 Å². The number of carboxylic acids is 1. The fraction of sp³-hybridized carbons (Fsp3) is 0.286. The lowest BCUT2D eigenvalue weighted by atomic mass is 10.1. The molecule has 1 aromatic heterocycles. The maximum atomic E-state index is 10.7. The van der Waals surface area contributed by atoms with Gasteiger partial charge in [-0.1, -0.05) is 12.1 Å². The molecule has 0 amide bonds. The highest BCUT2D eigenvalue weighted by atomic mass is 16.4. The number of aromatic carboxylic acids is 1. The lowest BCUT2D eigenvalue weighted by Crippen LogP contribution is -2.17. The molecule has 0 aliphatic rings. The number of nitrogens with one attached hydrogen (secondary N) is 1. The summed E-state index contributed by atoms with van der Waals surface area (Å²) in [6.07, 6.45) is 2.71. The standard InChI is InChI=1S/C14H17N3O2/c1-17-13(7-9-16-17)6-8-15-10-11-2-4-12(5-3-11)14(18)19/h2-5,7,9,15H,6,8,10H2,1H3,(H,18,19). The minimum Gasteiger partial charge on any atom is -0.478 e. The molecule has 0 fully saturated rings. The van der Waals surface area contributed by atoms with Crippen molar-refractivity contribution >= 4 is 5.97 Å². The third-order valence-corrected chi connectivity index (χ3v) is 3.01. The van der Waals surface area contributed by atoms with Crippen LogP contribution in [0.2, 0.25) is 0 Å². The molecule has 2 aromatic rings. The van der Waals surface area contributed by atoms with E-state index < -0.39 is 5.97 Å². The van der Waals surface area contributed by atoms with Crippen molar-refractivity contribution in [2.75, 3.05) is 6.54 Å². The van der Waals surface area contributed by atoms with Crippen LogP contribution in [0.25, 0.3) is 0 Å². The van der Waals surface area contributed by atoms with Crippen LogP contribution in [-0.2, 0) is 20.0 Å². The van der Waals surface area contributed by atoms with E-state index in [1.54, 1.807) is 18.3 Å². The average Bonchev–Trinajstić information content (AvgIpc) is 2.81. The summed E-state index contributed by atoms with van der Waals surface area (Å²) in [5, 5.41) is 16.2. The predicted octanol–water partition coefficient (Wildman–Crippen LogP) is 1.45. The highest BCUT2D eigenvalue weighted by Gasteiger charge is 2.02. The number of aromatic nitrogens is 2. The molecule has 5 nitrogen and oxygen atoms in total. The number of nitrogens with zero attached hydrogens (tertiary/aromatic N) is 2. The van der Waals surface area contributed by atoms with Crippen molar-refractivity contribution in [2.24, 2.45) is 7.05 Å². The van der Waals surface area contributed by atoms with Crippen molar-refractivity contribution in [1.29, 1.82) is 0 Å². The number of benzene rings is 1. The smallest absolute Gasteiger partial charge is 0.335 e. The number of hydrogen-bond acceptors (Lipinski definition) is 3. The van der Waals surface area contributed by atoms with Gasteiger partial charge in [0.15, 0.2) is 0 Å². The number of rotatable bonds is 6. The van der Waals surface area contributed by atoms with Gasteiger partial charge < -0.3 is 10.4 Å². The molecule has 1 heterocycles. The van der Waals surface area contributed by atoms with Crippen molar-refractivity contribution < 1.29 is 9.90 Å². The van der Waals surface area contributed by atoms with Crippen LogP contribution < -0.4 is 5.32 Å².